The lowest BCUT2D eigenvalue weighted by atomic mass is 10.6. The summed E-state index contributed by atoms with van der Waals surface area (Å²) in [6.45, 7) is 0.910. The highest BCUT2D eigenvalue weighted by Gasteiger charge is 2.22. The molecule has 2 heterocycles. The van der Waals surface area contributed by atoms with Crippen LogP contribution >= 0.6 is 11.8 Å². The molecular formula is C7H8N2OS. The van der Waals surface area contributed by atoms with Crippen molar-refractivity contribution in [3.8, 4) is 0 Å². The summed E-state index contributed by atoms with van der Waals surface area (Å²) in [5.74, 6) is 0.999. The zero-order valence-corrected chi connectivity index (χ0v) is 6.75. The molecule has 0 bridgehead atoms. The molecule has 3 nitrogen and oxygen atoms in total. The Kier molecular flexibility index (Phi) is 2.05. The quantitative estimate of drug-likeness (QED) is 0.498. The summed E-state index contributed by atoms with van der Waals surface area (Å²) in [5, 5.41) is 0.975. The van der Waals surface area contributed by atoms with E-state index in [1.54, 1.807) is 30.4 Å². The van der Waals surface area contributed by atoms with Gasteiger partial charge in [-0.05, 0) is 0 Å². The normalized spacial score (nSPS) is 21.6. The van der Waals surface area contributed by atoms with Crippen molar-refractivity contribution < 1.29 is 4.74 Å². The van der Waals surface area contributed by atoms with Crippen LogP contribution in [0.25, 0.3) is 0 Å². The van der Waals surface area contributed by atoms with Crippen molar-refractivity contribution in [2.45, 2.75) is 11.1 Å². The Morgan fingerprint density at radius 2 is 2.55 bits per heavy atom. The van der Waals surface area contributed by atoms with Gasteiger partial charge in [-0.2, -0.15) is 0 Å². The highest BCUT2D eigenvalue weighted by atomic mass is 32.2. The first-order chi connectivity index (χ1) is 5.45. The lowest BCUT2D eigenvalue weighted by Gasteiger charge is -1.94. The third kappa shape index (κ3) is 2.17. The van der Waals surface area contributed by atoms with Crippen molar-refractivity contribution in [1.29, 1.82) is 0 Å². The van der Waals surface area contributed by atoms with E-state index in [1.807, 2.05) is 0 Å². The van der Waals surface area contributed by atoms with Crippen LogP contribution in [0.4, 0.5) is 0 Å². The average molecular weight is 168 g/mol. The minimum Gasteiger partial charge on any atom is -0.372 e. The van der Waals surface area contributed by atoms with E-state index in [4.69, 9.17) is 4.74 Å². The zero-order valence-electron chi connectivity index (χ0n) is 5.93. The van der Waals surface area contributed by atoms with Crippen molar-refractivity contribution in [3.63, 3.8) is 0 Å². The molecule has 1 unspecified atom stereocenters. The predicted octanol–water partition coefficient (Wildman–Crippen LogP) is 0.968. The fourth-order valence-corrected chi connectivity index (χ4v) is 1.52. The fraction of sp³-hybridized carbons (Fsp3) is 0.429. The van der Waals surface area contributed by atoms with Gasteiger partial charge < -0.3 is 4.74 Å². The molecular weight excluding hydrogens is 160 g/mol. The Bertz CT molecular complexity index is 225. The Morgan fingerprint density at radius 1 is 1.64 bits per heavy atom. The highest BCUT2D eigenvalue weighted by Crippen LogP contribution is 2.20. The molecule has 58 valence electrons. The average Bonchev–Trinajstić information content (AvgIpc) is 2.86. The molecule has 0 spiro atoms. The van der Waals surface area contributed by atoms with E-state index in [1.165, 1.54) is 0 Å². The largest absolute Gasteiger partial charge is 0.372 e. The van der Waals surface area contributed by atoms with Gasteiger partial charge in [0, 0.05) is 18.1 Å². The number of ether oxygens (including phenoxy) is 1. The van der Waals surface area contributed by atoms with Crippen LogP contribution in [-0.4, -0.2) is 28.4 Å². The number of thioether (sulfide) groups is 1. The summed E-state index contributed by atoms with van der Waals surface area (Å²) < 4.78 is 5.06. The second-order valence-corrected chi connectivity index (χ2v) is 3.35. The Labute approximate surface area is 69.2 Å². The minimum absolute atomic E-state index is 0.460. The second kappa shape index (κ2) is 3.19. The molecule has 0 aliphatic carbocycles. The first-order valence-electron chi connectivity index (χ1n) is 3.45. The second-order valence-electron chi connectivity index (χ2n) is 2.31. The smallest absolute Gasteiger partial charge is 0.114 e. The third-order valence-corrected chi connectivity index (χ3v) is 2.40. The summed E-state index contributed by atoms with van der Waals surface area (Å²) in [6, 6.07) is 0. The third-order valence-electron chi connectivity index (χ3n) is 1.36. The van der Waals surface area contributed by atoms with Gasteiger partial charge in [0.1, 0.15) is 5.03 Å². The van der Waals surface area contributed by atoms with E-state index < -0.39 is 0 Å². The van der Waals surface area contributed by atoms with Gasteiger partial charge >= 0.3 is 0 Å². The zero-order chi connectivity index (χ0) is 7.52. The molecule has 0 aromatic carbocycles. The van der Waals surface area contributed by atoms with E-state index in [-0.39, 0.29) is 0 Å². The Morgan fingerprint density at radius 3 is 3.18 bits per heavy atom. The van der Waals surface area contributed by atoms with Gasteiger partial charge in [-0.3, -0.25) is 4.98 Å². The van der Waals surface area contributed by atoms with Gasteiger partial charge in [0.2, 0.25) is 0 Å². The van der Waals surface area contributed by atoms with Gasteiger partial charge in [-0.15, -0.1) is 11.8 Å². The topological polar surface area (TPSA) is 38.3 Å². The number of hydrogen-bond donors (Lipinski definition) is 0. The van der Waals surface area contributed by atoms with Crippen LogP contribution in [0, 0.1) is 0 Å². The Hall–Kier alpha value is -0.610. The van der Waals surface area contributed by atoms with E-state index in [0.717, 1.165) is 17.4 Å². The highest BCUT2D eigenvalue weighted by molar-refractivity contribution is 7.99. The molecule has 1 aromatic rings. The van der Waals surface area contributed by atoms with Crippen molar-refractivity contribution in [2.24, 2.45) is 0 Å². The number of hydrogen-bond acceptors (Lipinski definition) is 4. The molecule has 1 saturated heterocycles. The van der Waals surface area contributed by atoms with Crippen molar-refractivity contribution in [3.05, 3.63) is 18.6 Å². The molecule has 0 radical (unpaired) electrons. The van der Waals surface area contributed by atoms with E-state index >= 15 is 0 Å². The fourth-order valence-electron chi connectivity index (χ4n) is 0.703. The van der Waals surface area contributed by atoms with E-state index in [2.05, 4.69) is 9.97 Å². The first kappa shape index (κ1) is 7.06. The minimum atomic E-state index is 0.460. The maximum atomic E-state index is 5.06. The van der Waals surface area contributed by atoms with Crippen LogP contribution in [0.5, 0.6) is 0 Å². The first-order valence-corrected chi connectivity index (χ1v) is 4.44. The van der Waals surface area contributed by atoms with Crippen LogP contribution in [-0.2, 0) is 4.74 Å². The lowest BCUT2D eigenvalue weighted by Crippen LogP contribution is -1.90. The molecule has 2 rings (SSSR count). The molecule has 1 fully saturated rings. The van der Waals surface area contributed by atoms with Crippen molar-refractivity contribution in [1.82, 2.24) is 9.97 Å². The van der Waals surface area contributed by atoms with Crippen molar-refractivity contribution >= 4 is 11.8 Å². The molecule has 1 atom stereocenters. The maximum Gasteiger partial charge on any atom is 0.114 e. The summed E-state index contributed by atoms with van der Waals surface area (Å²) in [6.07, 6.45) is 5.61. The van der Waals surface area contributed by atoms with Crippen LogP contribution < -0.4 is 0 Å². The van der Waals surface area contributed by atoms with Gasteiger partial charge in [0.25, 0.3) is 0 Å². The standard InChI is InChI=1S/C7H8N2OS/c1-2-9-7(3-8-1)11-5-6-4-10-6/h1-3,6H,4-5H2. The Balaban J connectivity index is 1.85. The predicted molar refractivity (Wildman–Crippen MR) is 42.5 cm³/mol. The number of rotatable bonds is 3. The molecule has 0 saturated carbocycles. The summed E-state index contributed by atoms with van der Waals surface area (Å²) in [7, 11) is 0. The van der Waals surface area contributed by atoms with Gasteiger partial charge in [-0.25, -0.2) is 4.98 Å². The molecule has 1 aliphatic heterocycles. The number of epoxide rings is 1. The van der Waals surface area contributed by atoms with Gasteiger partial charge in [0.15, 0.2) is 0 Å². The van der Waals surface area contributed by atoms with E-state index in [9.17, 15) is 0 Å². The molecule has 1 aromatic heterocycles. The summed E-state index contributed by atoms with van der Waals surface area (Å²) in [4.78, 5) is 8.08. The molecule has 4 heteroatoms. The number of nitrogens with zero attached hydrogens (tertiary/aromatic N) is 2. The lowest BCUT2D eigenvalue weighted by molar-refractivity contribution is 0.426. The summed E-state index contributed by atoms with van der Waals surface area (Å²) in [5.41, 5.74) is 0. The van der Waals surface area contributed by atoms with Gasteiger partial charge in [0.05, 0.1) is 18.9 Å². The van der Waals surface area contributed by atoms with Crippen molar-refractivity contribution in [2.75, 3.05) is 12.4 Å². The monoisotopic (exact) mass is 168 g/mol. The van der Waals surface area contributed by atoms with Crippen LogP contribution in [0.1, 0.15) is 0 Å². The van der Waals surface area contributed by atoms with E-state index in [0.29, 0.717) is 6.10 Å². The molecule has 0 N–H and O–H groups in total. The van der Waals surface area contributed by atoms with Crippen LogP contribution in [0.2, 0.25) is 0 Å². The van der Waals surface area contributed by atoms with Crippen LogP contribution in [0.15, 0.2) is 23.6 Å². The number of aromatic nitrogens is 2. The molecule has 11 heavy (non-hydrogen) atoms. The summed E-state index contributed by atoms with van der Waals surface area (Å²) >= 11 is 1.69. The molecule has 1 aliphatic rings. The molecule has 0 amide bonds. The SMILES string of the molecule is c1cnc(SCC2CO2)cn1. The van der Waals surface area contributed by atoms with Crippen LogP contribution in [0.3, 0.4) is 0 Å². The van der Waals surface area contributed by atoms with Gasteiger partial charge in [-0.1, -0.05) is 0 Å². The maximum absolute atomic E-state index is 5.06.